The van der Waals surface area contributed by atoms with Crippen molar-refractivity contribution in [1.29, 1.82) is 0 Å². The highest BCUT2D eigenvalue weighted by Crippen LogP contribution is 2.39. The van der Waals surface area contributed by atoms with E-state index in [1.165, 1.54) is 17.8 Å². The van der Waals surface area contributed by atoms with Gasteiger partial charge in [0.05, 0.1) is 11.7 Å². The van der Waals surface area contributed by atoms with Crippen LogP contribution in [-0.4, -0.2) is 48.7 Å². The molecule has 1 fully saturated rings. The summed E-state index contributed by atoms with van der Waals surface area (Å²) in [6, 6.07) is 5.09. The number of nitrogens with zero attached hydrogens (tertiary/aromatic N) is 4. The van der Waals surface area contributed by atoms with Crippen LogP contribution in [0, 0.1) is 0 Å². The van der Waals surface area contributed by atoms with Gasteiger partial charge in [0.15, 0.2) is 0 Å². The number of carbonyl (C=O) groups is 2. The first-order valence-electron chi connectivity index (χ1n) is 8.25. The summed E-state index contributed by atoms with van der Waals surface area (Å²) in [4.78, 5) is 29.7. The number of aryl methyl sites for hydroxylation is 1. The van der Waals surface area contributed by atoms with E-state index in [-0.39, 0.29) is 23.7 Å². The highest BCUT2D eigenvalue weighted by molar-refractivity contribution is 5.97. The van der Waals surface area contributed by atoms with E-state index in [9.17, 15) is 9.59 Å². The number of hydrogen-bond acceptors (Lipinski definition) is 4. The lowest BCUT2D eigenvalue weighted by molar-refractivity contribution is 0.0690. The predicted octanol–water partition coefficient (Wildman–Crippen LogP) is 1.97. The number of aromatic carboxylic acids is 1. The fourth-order valence-corrected chi connectivity index (χ4v) is 3.86. The molecule has 2 atom stereocenters. The number of rotatable bonds is 3. The van der Waals surface area contributed by atoms with Gasteiger partial charge >= 0.3 is 5.97 Å². The molecule has 2 aliphatic heterocycles. The molecule has 2 aromatic rings. The van der Waals surface area contributed by atoms with Crippen molar-refractivity contribution in [3.8, 4) is 0 Å². The number of hydrogen-bond donors (Lipinski definition) is 1. The van der Waals surface area contributed by atoms with Gasteiger partial charge in [-0.2, -0.15) is 5.10 Å². The lowest BCUT2D eigenvalue weighted by Gasteiger charge is -2.34. The summed E-state index contributed by atoms with van der Waals surface area (Å²) >= 11 is 0. The summed E-state index contributed by atoms with van der Waals surface area (Å²) in [5, 5.41) is 13.3. The molecule has 0 saturated carbocycles. The molecule has 0 spiro atoms. The Morgan fingerprint density at radius 3 is 2.76 bits per heavy atom. The van der Waals surface area contributed by atoms with Crippen molar-refractivity contribution in [2.75, 3.05) is 0 Å². The summed E-state index contributed by atoms with van der Waals surface area (Å²) in [6.07, 6.45) is 7.97. The zero-order valence-corrected chi connectivity index (χ0v) is 13.8. The molecule has 1 N–H and O–H groups in total. The molecule has 0 aromatic carbocycles. The molecule has 25 heavy (non-hydrogen) atoms. The zero-order valence-electron chi connectivity index (χ0n) is 13.8. The molecule has 0 aliphatic carbocycles. The van der Waals surface area contributed by atoms with Crippen molar-refractivity contribution in [3.63, 3.8) is 0 Å². The Bertz CT molecular complexity index is 886. The number of amides is 1. The number of fused-ring (bicyclic) bond motifs is 2. The van der Waals surface area contributed by atoms with Crippen molar-refractivity contribution in [3.05, 3.63) is 53.6 Å². The molecule has 7 heteroatoms. The third-order valence-electron chi connectivity index (χ3n) is 5.01. The average Bonchev–Trinajstić information content (AvgIpc) is 3.15. The summed E-state index contributed by atoms with van der Waals surface area (Å²) < 4.78 is 1.85. The molecular weight excluding hydrogens is 320 g/mol. The molecule has 0 radical (unpaired) electrons. The Kier molecular flexibility index (Phi) is 3.63. The molecule has 2 bridgehead atoms. The number of carbonyl (C=O) groups excluding carboxylic acids is 1. The molecule has 4 heterocycles. The van der Waals surface area contributed by atoms with Crippen molar-refractivity contribution in [2.45, 2.75) is 31.3 Å². The summed E-state index contributed by atoms with van der Waals surface area (Å²) in [5.74, 6) is -1.26. The van der Waals surface area contributed by atoms with Crippen LogP contribution in [0.25, 0.3) is 5.57 Å². The Labute approximate surface area is 144 Å². The number of carboxylic acids is 1. The molecule has 2 unspecified atom stereocenters. The first-order chi connectivity index (χ1) is 12.0. The van der Waals surface area contributed by atoms with E-state index >= 15 is 0 Å². The van der Waals surface area contributed by atoms with Gasteiger partial charge in [0.2, 0.25) is 0 Å². The van der Waals surface area contributed by atoms with Gasteiger partial charge in [0.25, 0.3) is 5.91 Å². The molecule has 1 saturated heterocycles. The van der Waals surface area contributed by atoms with E-state index in [1.54, 1.807) is 12.3 Å². The lowest BCUT2D eigenvalue weighted by atomic mass is 9.97. The fourth-order valence-electron chi connectivity index (χ4n) is 3.86. The normalized spacial score (nSPS) is 22.0. The fraction of sp³-hybridized carbons (Fsp3) is 0.333. The zero-order chi connectivity index (χ0) is 17.6. The number of carboxylic acid groups (broad SMARTS) is 1. The van der Waals surface area contributed by atoms with E-state index in [2.05, 4.69) is 16.2 Å². The monoisotopic (exact) mass is 338 g/mol. The Morgan fingerprint density at radius 2 is 2.08 bits per heavy atom. The van der Waals surface area contributed by atoms with Gasteiger partial charge in [0.1, 0.15) is 5.69 Å². The van der Waals surface area contributed by atoms with Crippen molar-refractivity contribution in [2.24, 2.45) is 7.05 Å². The number of pyridine rings is 1. The van der Waals surface area contributed by atoms with Crippen LogP contribution in [0.1, 0.15) is 45.8 Å². The minimum absolute atomic E-state index is 0.0394. The third-order valence-corrected chi connectivity index (χ3v) is 5.01. The van der Waals surface area contributed by atoms with Crippen LogP contribution in [0.3, 0.4) is 0 Å². The smallest absolute Gasteiger partial charge is 0.354 e. The van der Waals surface area contributed by atoms with E-state index in [1.807, 2.05) is 22.7 Å². The minimum atomic E-state index is -1.13. The molecule has 7 nitrogen and oxygen atoms in total. The Hall–Kier alpha value is -2.96. The lowest BCUT2D eigenvalue weighted by Crippen LogP contribution is -2.43. The summed E-state index contributed by atoms with van der Waals surface area (Å²) in [5.41, 5.74) is 2.57. The van der Waals surface area contributed by atoms with E-state index in [0.29, 0.717) is 5.56 Å². The van der Waals surface area contributed by atoms with Crippen molar-refractivity contribution >= 4 is 17.4 Å². The van der Waals surface area contributed by atoms with E-state index in [0.717, 1.165) is 25.0 Å². The van der Waals surface area contributed by atoms with Gasteiger partial charge in [-0.25, -0.2) is 9.78 Å². The van der Waals surface area contributed by atoms with Crippen LogP contribution < -0.4 is 0 Å². The van der Waals surface area contributed by atoms with E-state index in [4.69, 9.17) is 5.11 Å². The maximum absolute atomic E-state index is 13.0. The second-order valence-corrected chi connectivity index (χ2v) is 6.48. The van der Waals surface area contributed by atoms with Crippen molar-refractivity contribution < 1.29 is 14.7 Å². The largest absolute Gasteiger partial charge is 0.477 e. The van der Waals surface area contributed by atoms with Gasteiger partial charge < -0.3 is 10.0 Å². The standard InChI is InChI=1S/C18H18N4O3/c1-21-16(5-7-20-21)12-8-13-2-3-14(9-12)22(13)17(23)11-4-6-19-15(10-11)18(24)25/h4-8,10,13-14H,2-3,9H2,1H3,(H,24,25). The summed E-state index contributed by atoms with van der Waals surface area (Å²) in [7, 11) is 1.92. The van der Waals surface area contributed by atoms with Gasteiger partial charge in [-0.1, -0.05) is 6.08 Å². The summed E-state index contributed by atoms with van der Waals surface area (Å²) in [6.45, 7) is 0. The van der Waals surface area contributed by atoms with Gasteiger partial charge in [-0.05, 0) is 43.0 Å². The van der Waals surface area contributed by atoms with Gasteiger partial charge in [-0.15, -0.1) is 0 Å². The molecule has 2 aliphatic rings. The van der Waals surface area contributed by atoms with Crippen LogP contribution >= 0.6 is 0 Å². The maximum Gasteiger partial charge on any atom is 0.354 e. The minimum Gasteiger partial charge on any atom is -0.477 e. The molecule has 128 valence electrons. The first kappa shape index (κ1) is 15.6. The average molecular weight is 338 g/mol. The van der Waals surface area contributed by atoms with Crippen LogP contribution in [0.15, 0.2) is 36.7 Å². The Morgan fingerprint density at radius 1 is 1.24 bits per heavy atom. The maximum atomic E-state index is 13.0. The number of aromatic nitrogens is 3. The quantitative estimate of drug-likeness (QED) is 0.924. The van der Waals surface area contributed by atoms with E-state index < -0.39 is 5.97 Å². The van der Waals surface area contributed by atoms with Crippen LogP contribution in [-0.2, 0) is 7.05 Å². The molecule has 1 amide bonds. The topological polar surface area (TPSA) is 88.3 Å². The SMILES string of the molecule is Cn1nccc1C1=CC2CCC(C1)N2C(=O)c1ccnc(C(=O)O)c1. The predicted molar refractivity (Wildman–Crippen MR) is 90.0 cm³/mol. The molecule has 2 aromatic heterocycles. The Balaban J connectivity index is 1.63. The van der Waals surface area contributed by atoms with Gasteiger partial charge in [-0.3, -0.25) is 9.48 Å². The first-order valence-corrected chi connectivity index (χ1v) is 8.25. The van der Waals surface area contributed by atoms with Crippen molar-refractivity contribution in [1.82, 2.24) is 19.7 Å². The van der Waals surface area contributed by atoms with Gasteiger partial charge in [0, 0.05) is 31.0 Å². The van der Waals surface area contributed by atoms with Crippen LogP contribution in [0.2, 0.25) is 0 Å². The third kappa shape index (κ3) is 2.61. The van der Waals surface area contributed by atoms with Crippen LogP contribution in [0.4, 0.5) is 0 Å². The molecular formula is C18H18N4O3. The highest BCUT2D eigenvalue weighted by Gasteiger charge is 2.40. The second kappa shape index (κ2) is 5.84. The molecule has 4 rings (SSSR count). The van der Waals surface area contributed by atoms with Crippen LogP contribution in [0.5, 0.6) is 0 Å². The second-order valence-electron chi connectivity index (χ2n) is 6.48. The highest BCUT2D eigenvalue weighted by atomic mass is 16.4.